The summed E-state index contributed by atoms with van der Waals surface area (Å²) in [5.41, 5.74) is 5.93. The number of carbonyl (C=O) groups excluding carboxylic acids is 1. The summed E-state index contributed by atoms with van der Waals surface area (Å²) in [4.78, 5) is 12.1. The third-order valence-electron chi connectivity index (χ3n) is 2.68. The van der Waals surface area contributed by atoms with E-state index in [1.165, 1.54) is 18.2 Å². The van der Waals surface area contributed by atoms with Gasteiger partial charge in [0.1, 0.15) is 10.8 Å². The number of hydrogen-bond acceptors (Lipinski definition) is 2. The molecule has 0 atom stereocenters. The molecule has 0 unspecified atom stereocenters. The van der Waals surface area contributed by atoms with Gasteiger partial charge >= 0.3 is 0 Å². The largest absolute Gasteiger partial charge is 0.389 e. The Morgan fingerprint density at radius 2 is 2.05 bits per heavy atom. The molecular weight excluding hydrogens is 379 g/mol. The molecule has 0 aliphatic rings. The van der Waals surface area contributed by atoms with Gasteiger partial charge in [-0.2, -0.15) is 0 Å². The predicted molar refractivity (Wildman–Crippen MR) is 89.4 cm³/mol. The second kappa shape index (κ2) is 6.51. The third kappa shape index (κ3) is 3.58. The quantitative estimate of drug-likeness (QED) is 0.779. The SMILES string of the molecule is NC(=S)c1c(F)cccc1NC(=O)c1cc(Br)ccc1Cl. The Morgan fingerprint density at radius 1 is 1.33 bits per heavy atom. The number of halogens is 3. The van der Waals surface area contributed by atoms with Crippen molar-refractivity contribution < 1.29 is 9.18 Å². The average molecular weight is 388 g/mol. The van der Waals surface area contributed by atoms with Gasteiger partial charge < -0.3 is 11.1 Å². The average Bonchev–Trinajstić information content (AvgIpc) is 2.41. The summed E-state index contributed by atoms with van der Waals surface area (Å²) in [7, 11) is 0. The Hall–Kier alpha value is -1.50. The van der Waals surface area contributed by atoms with Gasteiger partial charge in [0, 0.05) is 4.47 Å². The molecule has 0 saturated carbocycles. The molecule has 0 aliphatic carbocycles. The molecule has 0 aromatic heterocycles. The molecule has 2 aromatic rings. The number of hydrogen-bond donors (Lipinski definition) is 2. The van der Waals surface area contributed by atoms with Crippen molar-refractivity contribution >= 4 is 56.3 Å². The molecule has 2 aromatic carbocycles. The number of thiocarbonyl (C=S) groups is 1. The van der Waals surface area contributed by atoms with Gasteiger partial charge in [-0.3, -0.25) is 4.79 Å². The van der Waals surface area contributed by atoms with E-state index >= 15 is 0 Å². The van der Waals surface area contributed by atoms with Gasteiger partial charge in [-0.15, -0.1) is 0 Å². The summed E-state index contributed by atoms with van der Waals surface area (Å²) < 4.78 is 14.4. The number of nitrogens with one attached hydrogen (secondary N) is 1. The smallest absolute Gasteiger partial charge is 0.257 e. The van der Waals surface area contributed by atoms with Crippen LogP contribution in [0.3, 0.4) is 0 Å². The zero-order valence-electron chi connectivity index (χ0n) is 10.5. The van der Waals surface area contributed by atoms with E-state index in [1.807, 2.05) is 0 Å². The summed E-state index contributed by atoms with van der Waals surface area (Å²) in [5.74, 6) is -1.08. The van der Waals surface area contributed by atoms with Gasteiger partial charge in [-0.1, -0.05) is 45.8 Å². The summed E-state index contributed by atoms with van der Waals surface area (Å²) in [6.07, 6.45) is 0. The Bertz CT molecular complexity index is 739. The number of carbonyl (C=O) groups is 1. The molecule has 0 spiro atoms. The highest BCUT2D eigenvalue weighted by Gasteiger charge is 2.16. The Morgan fingerprint density at radius 3 is 2.71 bits per heavy atom. The minimum Gasteiger partial charge on any atom is -0.389 e. The minimum atomic E-state index is -0.597. The molecule has 0 bridgehead atoms. The van der Waals surface area contributed by atoms with Crippen molar-refractivity contribution in [3.63, 3.8) is 0 Å². The van der Waals surface area contributed by atoms with Crippen LogP contribution in [0.15, 0.2) is 40.9 Å². The topological polar surface area (TPSA) is 55.1 Å². The van der Waals surface area contributed by atoms with E-state index in [0.29, 0.717) is 4.47 Å². The van der Waals surface area contributed by atoms with Gasteiger partial charge in [0.25, 0.3) is 5.91 Å². The number of nitrogens with two attached hydrogens (primary N) is 1. The van der Waals surface area contributed by atoms with Gasteiger partial charge in [-0.25, -0.2) is 4.39 Å². The van der Waals surface area contributed by atoms with E-state index < -0.39 is 11.7 Å². The second-order valence-corrected chi connectivity index (χ2v) is 5.87. The summed E-state index contributed by atoms with van der Waals surface area (Å²) in [6.45, 7) is 0. The zero-order valence-corrected chi connectivity index (χ0v) is 13.7. The van der Waals surface area contributed by atoms with Crippen molar-refractivity contribution in [3.05, 3.63) is 62.8 Å². The van der Waals surface area contributed by atoms with Crippen LogP contribution in [-0.4, -0.2) is 10.9 Å². The van der Waals surface area contributed by atoms with Crippen molar-refractivity contribution in [2.24, 2.45) is 5.73 Å². The van der Waals surface area contributed by atoms with Gasteiger partial charge in [0.05, 0.1) is 21.8 Å². The van der Waals surface area contributed by atoms with E-state index in [1.54, 1.807) is 18.2 Å². The van der Waals surface area contributed by atoms with Crippen LogP contribution in [0, 0.1) is 5.82 Å². The summed E-state index contributed by atoms with van der Waals surface area (Å²) in [5, 5.41) is 2.85. The number of rotatable bonds is 3. The Kier molecular flexibility index (Phi) is 4.92. The first-order valence-corrected chi connectivity index (χ1v) is 7.33. The molecule has 0 aliphatic heterocycles. The fourth-order valence-corrected chi connectivity index (χ4v) is 2.51. The van der Waals surface area contributed by atoms with Crippen LogP contribution in [0.4, 0.5) is 10.1 Å². The number of benzene rings is 2. The minimum absolute atomic E-state index is 0.00744. The van der Waals surface area contributed by atoms with Crippen LogP contribution >= 0.6 is 39.7 Å². The lowest BCUT2D eigenvalue weighted by molar-refractivity contribution is 0.102. The van der Waals surface area contributed by atoms with Crippen molar-refractivity contribution in [3.8, 4) is 0 Å². The molecule has 2 rings (SSSR count). The zero-order chi connectivity index (χ0) is 15.6. The molecule has 21 heavy (non-hydrogen) atoms. The highest BCUT2D eigenvalue weighted by Crippen LogP contribution is 2.24. The molecule has 1 amide bonds. The molecular formula is C14H9BrClFN2OS. The first-order valence-electron chi connectivity index (χ1n) is 5.75. The lowest BCUT2D eigenvalue weighted by Crippen LogP contribution is -2.19. The number of amides is 1. The lowest BCUT2D eigenvalue weighted by Gasteiger charge is -2.11. The number of anilines is 1. The highest BCUT2D eigenvalue weighted by molar-refractivity contribution is 9.10. The van der Waals surface area contributed by atoms with Crippen LogP contribution in [0.2, 0.25) is 5.02 Å². The lowest BCUT2D eigenvalue weighted by atomic mass is 10.1. The molecule has 0 heterocycles. The maximum atomic E-state index is 13.7. The monoisotopic (exact) mass is 386 g/mol. The van der Waals surface area contributed by atoms with Crippen molar-refractivity contribution in [1.82, 2.24) is 0 Å². The molecule has 0 fully saturated rings. The van der Waals surface area contributed by atoms with E-state index in [9.17, 15) is 9.18 Å². The molecule has 3 nitrogen and oxygen atoms in total. The molecule has 3 N–H and O–H groups in total. The van der Waals surface area contributed by atoms with Crippen LogP contribution in [-0.2, 0) is 0 Å². The normalized spacial score (nSPS) is 10.2. The second-order valence-electron chi connectivity index (χ2n) is 4.10. The Labute approximate surface area is 139 Å². The third-order valence-corrected chi connectivity index (χ3v) is 3.71. The Balaban J connectivity index is 2.39. The molecule has 7 heteroatoms. The van der Waals surface area contributed by atoms with Gasteiger partial charge in [-0.05, 0) is 30.3 Å². The van der Waals surface area contributed by atoms with E-state index in [2.05, 4.69) is 21.2 Å². The fraction of sp³-hybridized carbons (Fsp3) is 0. The van der Waals surface area contributed by atoms with E-state index in [-0.39, 0.29) is 26.8 Å². The van der Waals surface area contributed by atoms with Crippen LogP contribution in [0.1, 0.15) is 15.9 Å². The predicted octanol–water partition coefficient (Wildman–Crippen LogP) is 4.13. The molecule has 0 radical (unpaired) electrons. The summed E-state index contributed by atoms with van der Waals surface area (Å²) in [6, 6.07) is 9.05. The summed E-state index contributed by atoms with van der Waals surface area (Å²) >= 11 is 14.1. The van der Waals surface area contributed by atoms with E-state index in [4.69, 9.17) is 29.6 Å². The highest BCUT2D eigenvalue weighted by atomic mass is 79.9. The molecule has 0 saturated heterocycles. The fourth-order valence-electron chi connectivity index (χ4n) is 1.74. The van der Waals surface area contributed by atoms with Crippen molar-refractivity contribution in [2.75, 3.05) is 5.32 Å². The molecule has 108 valence electrons. The maximum Gasteiger partial charge on any atom is 0.257 e. The van der Waals surface area contributed by atoms with Gasteiger partial charge in [0.2, 0.25) is 0 Å². The first-order chi connectivity index (χ1) is 9.90. The maximum absolute atomic E-state index is 13.7. The van der Waals surface area contributed by atoms with Crippen molar-refractivity contribution in [2.45, 2.75) is 0 Å². The van der Waals surface area contributed by atoms with Crippen molar-refractivity contribution in [1.29, 1.82) is 0 Å². The van der Waals surface area contributed by atoms with Crippen LogP contribution in [0.5, 0.6) is 0 Å². The first kappa shape index (κ1) is 15.9. The standard InChI is InChI=1S/C14H9BrClFN2OS/c15-7-4-5-9(16)8(6-7)14(20)19-11-3-1-2-10(17)12(11)13(18)21/h1-6H,(H2,18,21)(H,19,20). The van der Waals surface area contributed by atoms with Crippen LogP contribution < -0.4 is 11.1 Å². The van der Waals surface area contributed by atoms with Crippen LogP contribution in [0.25, 0.3) is 0 Å². The van der Waals surface area contributed by atoms with E-state index in [0.717, 1.165) is 0 Å². The van der Waals surface area contributed by atoms with Gasteiger partial charge in [0.15, 0.2) is 0 Å².